The van der Waals surface area contributed by atoms with Crippen LogP contribution in [0.25, 0.3) is 60.6 Å². The van der Waals surface area contributed by atoms with Gasteiger partial charge in [0.25, 0.3) is 0 Å². The number of aromatic nitrogens is 1. The van der Waals surface area contributed by atoms with Crippen LogP contribution < -0.4 is 5.43 Å². The molecule has 5 aromatic carbocycles. The van der Waals surface area contributed by atoms with Gasteiger partial charge in [-0.1, -0.05) is 60.7 Å². The standard InChI is InChI=1S/C34H25NO2/c1-20-10-16-28-31(18-20)37-30-17-13-24(19-29(30)34(28)36)23-11-14-25(15-12-23)35-32-21(2)6-4-8-26(32)27-9-5-7-22(3)33(27)35/h4-19H,1-3H3. The normalized spacial score (nSPS) is 11.8. The van der Waals surface area contributed by atoms with E-state index in [0.29, 0.717) is 21.9 Å². The fourth-order valence-corrected chi connectivity index (χ4v) is 5.66. The summed E-state index contributed by atoms with van der Waals surface area (Å²) in [5, 5.41) is 3.76. The summed E-state index contributed by atoms with van der Waals surface area (Å²) in [5.74, 6) is 0. The van der Waals surface area contributed by atoms with Crippen LogP contribution in [0.2, 0.25) is 0 Å². The van der Waals surface area contributed by atoms with Crippen molar-refractivity contribution in [2.45, 2.75) is 20.8 Å². The summed E-state index contributed by atoms with van der Waals surface area (Å²) in [6.45, 7) is 6.35. The molecule has 0 amide bonds. The summed E-state index contributed by atoms with van der Waals surface area (Å²) in [5.41, 5.74) is 10.5. The number of hydrogen-bond donors (Lipinski definition) is 0. The number of rotatable bonds is 2. The number of benzene rings is 5. The SMILES string of the molecule is Cc1ccc2c(=O)c3cc(-c4ccc(-n5c6c(C)cccc6c6cccc(C)c65)cc4)ccc3oc2c1. The van der Waals surface area contributed by atoms with Gasteiger partial charge in [-0.05, 0) is 85.0 Å². The summed E-state index contributed by atoms with van der Waals surface area (Å²) < 4.78 is 8.44. The Bertz CT molecular complexity index is 2020. The molecule has 0 unspecified atom stereocenters. The topological polar surface area (TPSA) is 35.1 Å². The molecule has 0 aliphatic rings. The van der Waals surface area contributed by atoms with Crippen LogP contribution in [0.15, 0.2) is 106 Å². The minimum atomic E-state index is 0.00551. The Morgan fingerprint density at radius 3 is 1.89 bits per heavy atom. The molecule has 37 heavy (non-hydrogen) atoms. The maximum Gasteiger partial charge on any atom is 0.200 e. The largest absolute Gasteiger partial charge is 0.456 e. The average Bonchev–Trinajstić information content (AvgIpc) is 3.26. The summed E-state index contributed by atoms with van der Waals surface area (Å²) >= 11 is 0. The monoisotopic (exact) mass is 479 g/mol. The molecule has 0 aliphatic heterocycles. The van der Waals surface area contributed by atoms with Crippen molar-refractivity contribution in [1.82, 2.24) is 4.57 Å². The molecule has 0 saturated carbocycles. The van der Waals surface area contributed by atoms with E-state index >= 15 is 0 Å². The highest BCUT2D eigenvalue weighted by molar-refractivity contribution is 6.11. The molecular weight excluding hydrogens is 454 g/mol. The van der Waals surface area contributed by atoms with E-state index in [2.05, 4.69) is 79.1 Å². The molecule has 0 aliphatic carbocycles. The molecule has 178 valence electrons. The number of nitrogens with zero attached hydrogens (tertiary/aromatic N) is 1. The average molecular weight is 480 g/mol. The molecule has 3 nitrogen and oxygen atoms in total. The van der Waals surface area contributed by atoms with Crippen LogP contribution in [-0.4, -0.2) is 4.57 Å². The van der Waals surface area contributed by atoms with Crippen molar-refractivity contribution in [3.63, 3.8) is 0 Å². The second-order valence-corrected chi connectivity index (χ2v) is 9.97. The lowest BCUT2D eigenvalue weighted by Crippen LogP contribution is -2.02. The number of fused-ring (bicyclic) bond motifs is 5. The smallest absolute Gasteiger partial charge is 0.200 e. The summed E-state index contributed by atoms with van der Waals surface area (Å²) in [6.07, 6.45) is 0. The molecule has 0 fully saturated rings. The zero-order valence-electron chi connectivity index (χ0n) is 21.0. The summed E-state index contributed by atoms with van der Waals surface area (Å²) in [7, 11) is 0. The fourth-order valence-electron chi connectivity index (χ4n) is 5.66. The Labute approximate surface area is 214 Å². The van der Waals surface area contributed by atoms with Gasteiger partial charge in [-0.3, -0.25) is 4.79 Å². The lowest BCUT2D eigenvalue weighted by atomic mass is 10.0. The predicted molar refractivity (Wildman–Crippen MR) is 154 cm³/mol. The Hall–Kier alpha value is -4.63. The molecule has 0 spiro atoms. The van der Waals surface area contributed by atoms with Gasteiger partial charge in [0, 0.05) is 16.5 Å². The van der Waals surface area contributed by atoms with Crippen molar-refractivity contribution in [2.24, 2.45) is 0 Å². The van der Waals surface area contributed by atoms with E-state index in [1.807, 2.05) is 43.3 Å². The first kappa shape index (κ1) is 21.6. The summed E-state index contributed by atoms with van der Waals surface area (Å²) in [6, 6.07) is 33.2. The van der Waals surface area contributed by atoms with Gasteiger partial charge in [0.1, 0.15) is 11.2 Å². The van der Waals surface area contributed by atoms with Crippen molar-refractivity contribution in [3.05, 3.63) is 124 Å². The Morgan fingerprint density at radius 2 is 1.22 bits per heavy atom. The van der Waals surface area contributed by atoms with Crippen LogP contribution >= 0.6 is 0 Å². The molecule has 3 heteroatoms. The molecule has 0 N–H and O–H groups in total. The minimum Gasteiger partial charge on any atom is -0.456 e. The first-order chi connectivity index (χ1) is 18.0. The molecule has 0 bridgehead atoms. The predicted octanol–water partition coefficient (Wildman–Crippen LogP) is 8.64. The zero-order valence-corrected chi connectivity index (χ0v) is 21.0. The van der Waals surface area contributed by atoms with Crippen molar-refractivity contribution in [2.75, 3.05) is 0 Å². The maximum absolute atomic E-state index is 13.2. The highest BCUT2D eigenvalue weighted by Gasteiger charge is 2.16. The second kappa shape index (κ2) is 7.94. The van der Waals surface area contributed by atoms with Gasteiger partial charge < -0.3 is 8.98 Å². The molecule has 0 radical (unpaired) electrons. The highest BCUT2D eigenvalue weighted by atomic mass is 16.3. The maximum atomic E-state index is 13.2. The van der Waals surface area contributed by atoms with Crippen LogP contribution in [0.1, 0.15) is 16.7 Å². The fraction of sp³-hybridized carbons (Fsp3) is 0.0882. The van der Waals surface area contributed by atoms with Crippen LogP contribution in [-0.2, 0) is 0 Å². The Balaban J connectivity index is 1.39. The van der Waals surface area contributed by atoms with Crippen molar-refractivity contribution in [1.29, 1.82) is 0 Å². The van der Waals surface area contributed by atoms with Crippen LogP contribution in [0, 0.1) is 20.8 Å². The van der Waals surface area contributed by atoms with Gasteiger partial charge in [0.15, 0.2) is 0 Å². The Kier molecular flexibility index (Phi) is 4.64. The van der Waals surface area contributed by atoms with E-state index in [4.69, 9.17) is 4.42 Å². The van der Waals surface area contributed by atoms with E-state index in [9.17, 15) is 4.79 Å². The van der Waals surface area contributed by atoms with Crippen LogP contribution in [0.3, 0.4) is 0 Å². The molecule has 2 aromatic heterocycles. The third kappa shape index (κ3) is 3.24. The van der Waals surface area contributed by atoms with Gasteiger partial charge in [-0.25, -0.2) is 0 Å². The highest BCUT2D eigenvalue weighted by Crippen LogP contribution is 2.36. The van der Waals surface area contributed by atoms with Crippen molar-refractivity contribution < 1.29 is 4.42 Å². The minimum absolute atomic E-state index is 0.00551. The van der Waals surface area contributed by atoms with Crippen LogP contribution in [0.5, 0.6) is 0 Å². The van der Waals surface area contributed by atoms with E-state index < -0.39 is 0 Å². The van der Waals surface area contributed by atoms with Gasteiger partial charge in [-0.15, -0.1) is 0 Å². The molecule has 0 atom stereocenters. The third-order valence-corrected chi connectivity index (χ3v) is 7.50. The molecule has 7 rings (SSSR count). The van der Waals surface area contributed by atoms with Gasteiger partial charge in [-0.2, -0.15) is 0 Å². The number of para-hydroxylation sites is 2. The molecule has 0 saturated heterocycles. The van der Waals surface area contributed by atoms with Gasteiger partial charge >= 0.3 is 0 Å². The molecule has 7 aromatic rings. The van der Waals surface area contributed by atoms with Crippen molar-refractivity contribution >= 4 is 43.7 Å². The first-order valence-electron chi connectivity index (χ1n) is 12.6. The van der Waals surface area contributed by atoms with Crippen molar-refractivity contribution in [3.8, 4) is 16.8 Å². The summed E-state index contributed by atoms with van der Waals surface area (Å²) in [4.78, 5) is 13.2. The van der Waals surface area contributed by atoms with E-state index in [-0.39, 0.29) is 5.43 Å². The third-order valence-electron chi connectivity index (χ3n) is 7.50. The second-order valence-electron chi connectivity index (χ2n) is 9.97. The number of hydrogen-bond acceptors (Lipinski definition) is 2. The van der Waals surface area contributed by atoms with Gasteiger partial charge in [0.05, 0.1) is 21.8 Å². The molecular formula is C34H25NO2. The quantitative estimate of drug-likeness (QED) is 0.233. The van der Waals surface area contributed by atoms with E-state index in [1.54, 1.807) is 0 Å². The van der Waals surface area contributed by atoms with Gasteiger partial charge in [0.2, 0.25) is 5.43 Å². The Morgan fingerprint density at radius 1 is 0.568 bits per heavy atom. The lowest BCUT2D eigenvalue weighted by molar-refractivity contribution is 0.659. The van der Waals surface area contributed by atoms with E-state index in [1.165, 1.54) is 32.9 Å². The lowest BCUT2D eigenvalue weighted by Gasteiger charge is -2.12. The molecule has 2 heterocycles. The van der Waals surface area contributed by atoms with E-state index in [0.717, 1.165) is 22.4 Å². The van der Waals surface area contributed by atoms with Crippen LogP contribution in [0.4, 0.5) is 0 Å². The zero-order chi connectivity index (χ0) is 25.3. The number of aryl methyl sites for hydroxylation is 3. The first-order valence-corrected chi connectivity index (χ1v) is 12.6.